The highest BCUT2D eigenvalue weighted by atomic mass is 127. The maximum atomic E-state index is 11.6. The minimum atomic E-state index is -0.0843. The summed E-state index contributed by atoms with van der Waals surface area (Å²) >= 11 is 0. The number of aliphatic imine (C=N–C) groups is 1. The molecule has 1 aromatic carbocycles. The number of rotatable bonds is 10. The number of nitrogens with one attached hydrogen (secondary N) is 2. The predicted octanol–water partition coefficient (Wildman–Crippen LogP) is 2.65. The number of likely N-dealkylation sites (tertiary alicyclic amines) is 1. The molecular formula is C20H33IN4O3. The van der Waals surface area contributed by atoms with Crippen LogP contribution < -0.4 is 20.1 Å². The van der Waals surface area contributed by atoms with E-state index in [1.54, 1.807) is 7.11 Å². The number of methoxy groups -OCH3 is 1. The minimum absolute atomic E-state index is 0. The van der Waals surface area contributed by atoms with Crippen molar-refractivity contribution in [1.29, 1.82) is 0 Å². The summed E-state index contributed by atoms with van der Waals surface area (Å²) in [6.45, 7) is 7.81. The van der Waals surface area contributed by atoms with Crippen LogP contribution in [0.25, 0.3) is 0 Å². The van der Waals surface area contributed by atoms with Gasteiger partial charge in [-0.25, -0.2) is 4.99 Å². The molecule has 0 aromatic heterocycles. The molecular weight excluding hydrogens is 471 g/mol. The first-order valence-electron chi connectivity index (χ1n) is 9.73. The molecule has 1 heterocycles. The first-order valence-corrected chi connectivity index (χ1v) is 9.73. The monoisotopic (exact) mass is 504 g/mol. The number of para-hydroxylation sites is 2. The van der Waals surface area contributed by atoms with E-state index in [0.29, 0.717) is 13.0 Å². The van der Waals surface area contributed by atoms with Gasteiger partial charge in [0.05, 0.1) is 13.7 Å². The third-order valence-electron chi connectivity index (χ3n) is 4.32. The van der Waals surface area contributed by atoms with Crippen molar-refractivity contribution in [2.45, 2.75) is 39.2 Å². The van der Waals surface area contributed by atoms with E-state index >= 15 is 0 Å². The van der Waals surface area contributed by atoms with Crippen molar-refractivity contribution in [3.05, 3.63) is 24.3 Å². The summed E-state index contributed by atoms with van der Waals surface area (Å²) in [7, 11) is 1.63. The lowest BCUT2D eigenvalue weighted by Gasteiger charge is -2.18. The normalized spacial score (nSPS) is 15.0. The van der Waals surface area contributed by atoms with Gasteiger partial charge in [-0.2, -0.15) is 0 Å². The van der Waals surface area contributed by atoms with Crippen molar-refractivity contribution in [3.63, 3.8) is 0 Å². The van der Waals surface area contributed by atoms with E-state index in [1.807, 2.05) is 43.0 Å². The predicted molar refractivity (Wildman–Crippen MR) is 123 cm³/mol. The van der Waals surface area contributed by atoms with Crippen LogP contribution in [0.4, 0.5) is 0 Å². The summed E-state index contributed by atoms with van der Waals surface area (Å²) in [6, 6.07) is 7.60. The molecule has 1 amide bonds. The number of ether oxygens (including phenoxy) is 2. The molecule has 1 saturated heterocycles. The van der Waals surface area contributed by atoms with Gasteiger partial charge in [0, 0.05) is 32.6 Å². The maximum Gasteiger partial charge on any atom is 0.222 e. The molecule has 158 valence electrons. The van der Waals surface area contributed by atoms with Crippen LogP contribution in [0.2, 0.25) is 0 Å². The zero-order valence-electron chi connectivity index (χ0n) is 17.1. The van der Waals surface area contributed by atoms with Gasteiger partial charge in [-0.3, -0.25) is 4.79 Å². The average Bonchev–Trinajstić information content (AvgIpc) is 3.08. The number of carbonyl (C=O) groups is 1. The lowest BCUT2D eigenvalue weighted by atomic mass is 10.3. The van der Waals surface area contributed by atoms with Crippen LogP contribution in [0.3, 0.4) is 0 Å². The van der Waals surface area contributed by atoms with Crippen molar-refractivity contribution in [1.82, 2.24) is 15.5 Å². The summed E-state index contributed by atoms with van der Waals surface area (Å²) in [6.07, 6.45) is 2.50. The largest absolute Gasteiger partial charge is 0.493 e. The van der Waals surface area contributed by atoms with E-state index in [1.165, 1.54) is 0 Å². The van der Waals surface area contributed by atoms with Crippen LogP contribution in [-0.4, -0.2) is 62.7 Å². The molecule has 1 fully saturated rings. The number of halogens is 1. The van der Waals surface area contributed by atoms with Gasteiger partial charge >= 0.3 is 0 Å². The minimum Gasteiger partial charge on any atom is -0.493 e. The van der Waals surface area contributed by atoms with Gasteiger partial charge in [-0.15, -0.1) is 24.0 Å². The van der Waals surface area contributed by atoms with E-state index in [2.05, 4.69) is 15.6 Å². The molecule has 0 saturated carbocycles. The van der Waals surface area contributed by atoms with Crippen molar-refractivity contribution in [2.75, 3.05) is 39.8 Å². The fourth-order valence-corrected chi connectivity index (χ4v) is 2.95. The number of nitrogens with zero attached hydrogens (tertiary/aromatic N) is 2. The lowest BCUT2D eigenvalue weighted by molar-refractivity contribution is -0.127. The van der Waals surface area contributed by atoms with Gasteiger partial charge in [0.1, 0.15) is 6.10 Å². The van der Waals surface area contributed by atoms with E-state index in [4.69, 9.17) is 9.47 Å². The van der Waals surface area contributed by atoms with Crippen LogP contribution in [-0.2, 0) is 4.79 Å². The van der Waals surface area contributed by atoms with Crippen LogP contribution >= 0.6 is 24.0 Å². The highest BCUT2D eigenvalue weighted by Gasteiger charge is 2.18. The standard InChI is InChI=1S/C20H32N4O3.HI/c1-4-21-20(22-12-8-14-24-13-7-11-19(24)25)23-15-16(2)27-18-10-6-5-9-17(18)26-3;/h5-6,9-10,16H,4,7-8,11-15H2,1-3H3,(H2,21,22,23);1H. The Morgan fingerprint density at radius 3 is 2.68 bits per heavy atom. The molecule has 1 unspecified atom stereocenters. The number of guanidine groups is 1. The first kappa shape index (κ1) is 24.3. The molecule has 1 aliphatic rings. The molecule has 0 radical (unpaired) electrons. The Balaban J connectivity index is 0.00000392. The summed E-state index contributed by atoms with van der Waals surface area (Å²) in [5.41, 5.74) is 0. The zero-order chi connectivity index (χ0) is 19.5. The Kier molecular flexibility index (Phi) is 11.7. The molecule has 1 aliphatic heterocycles. The Morgan fingerprint density at radius 1 is 1.29 bits per heavy atom. The fraction of sp³-hybridized carbons (Fsp3) is 0.600. The first-order chi connectivity index (χ1) is 13.1. The molecule has 2 rings (SSSR count). The van der Waals surface area contributed by atoms with Crippen molar-refractivity contribution in [3.8, 4) is 11.5 Å². The van der Waals surface area contributed by atoms with Crippen molar-refractivity contribution < 1.29 is 14.3 Å². The quantitative estimate of drug-likeness (QED) is 0.222. The second-order valence-corrected chi connectivity index (χ2v) is 6.56. The molecule has 28 heavy (non-hydrogen) atoms. The lowest BCUT2D eigenvalue weighted by Crippen LogP contribution is -2.39. The molecule has 2 N–H and O–H groups in total. The highest BCUT2D eigenvalue weighted by molar-refractivity contribution is 14.0. The zero-order valence-corrected chi connectivity index (χ0v) is 19.4. The van der Waals surface area contributed by atoms with Crippen LogP contribution in [0.1, 0.15) is 33.1 Å². The van der Waals surface area contributed by atoms with Gasteiger partial charge < -0.3 is 25.0 Å². The third kappa shape index (κ3) is 8.12. The number of hydrogen-bond donors (Lipinski definition) is 2. The van der Waals surface area contributed by atoms with E-state index < -0.39 is 0 Å². The molecule has 8 heteroatoms. The van der Waals surface area contributed by atoms with Gasteiger partial charge in [-0.05, 0) is 38.8 Å². The van der Waals surface area contributed by atoms with Crippen LogP contribution in [0, 0.1) is 0 Å². The van der Waals surface area contributed by atoms with Gasteiger partial charge in [0.25, 0.3) is 0 Å². The number of amides is 1. The Labute approximate surface area is 185 Å². The van der Waals surface area contributed by atoms with Crippen molar-refractivity contribution >= 4 is 35.8 Å². The molecule has 7 nitrogen and oxygen atoms in total. The van der Waals surface area contributed by atoms with E-state index in [0.717, 1.165) is 56.5 Å². The third-order valence-corrected chi connectivity index (χ3v) is 4.32. The SMILES string of the molecule is CCNC(=NCC(C)Oc1ccccc1OC)NCCCN1CCCC1=O.I. The van der Waals surface area contributed by atoms with Crippen LogP contribution in [0.15, 0.2) is 29.3 Å². The second kappa shape index (κ2) is 13.5. The van der Waals surface area contributed by atoms with Gasteiger partial charge in [0.2, 0.25) is 5.91 Å². The fourth-order valence-electron chi connectivity index (χ4n) is 2.95. The van der Waals surface area contributed by atoms with E-state index in [9.17, 15) is 4.79 Å². The highest BCUT2D eigenvalue weighted by Crippen LogP contribution is 2.26. The number of benzene rings is 1. The Bertz CT molecular complexity index is 627. The number of carbonyl (C=O) groups excluding carboxylic acids is 1. The van der Waals surface area contributed by atoms with E-state index in [-0.39, 0.29) is 36.0 Å². The summed E-state index contributed by atoms with van der Waals surface area (Å²) in [5, 5.41) is 6.56. The molecule has 0 spiro atoms. The maximum absolute atomic E-state index is 11.6. The molecule has 0 bridgehead atoms. The van der Waals surface area contributed by atoms with Crippen molar-refractivity contribution in [2.24, 2.45) is 4.99 Å². The Hall–Kier alpha value is -1.71. The van der Waals surface area contributed by atoms with Crippen LogP contribution in [0.5, 0.6) is 11.5 Å². The summed E-state index contributed by atoms with van der Waals surface area (Å²) in [4.78, 5) is 18.2. The summed E-state index contributed by atoms with van der Waals surface area (Å²) < 4.78 is 11.3. The molecule has 1 atom stereocenters. The Morgan fingerprint density at radius 2 is 2.04 bits per heavy atom. The number of hydrogen-bond acceptors (Lipinski definition) is 4. The average molecular weight is 504 g/mol. The topological polar surface area (TPSA) is 75.2 Å². The summed E-state index contributed by atoms with van der Waals surface area (Å²) in [5.74, 6) is 2.48. The second-order valence-electron chi connectivity index (χ2n) is 6.56. The van der Waals surface area contributed by atoms with Gasteiger partial charge in [-0.1, -0.05) is 12.1 Å². The van der Waals surface area contributed by atoms with Gasteiger partial charge in [0.15, 0.2) is 17.5 Å². The smallest absolute Gasteiger partial charge is 0.222 e. The molecule has 1 aromatic rings. The molecule has 0 aliphatic carbocycles.